The van der Waals surface area contributed by atoms with E-state index in [9.17, 15) is 4.79 Å². The van der Waals surface area contributed by atoms with Gasteiger partial charge in [0.15, 0.2) is 0 Å². The molecule has 1 unspecified atom stereocenters. The Bertz CT molecular complexity index is 641. The highest BCUT2D eigenvalue weighted by molar-refractivity contribution is 8.13. The van der Waals surface area contributed by atoms with Crippen LogP contribution in [0.4, 0.5) is 0 Å². The van der Waals surface area contributed by atoms with Gasteiger partial charge in [0.1, 0.15) is 0 Å². The van der Waals surface area contributed by atoms with Crippen LogP contribution in [-0.4, -0.2) is 50.3 Å². The first-order valence-electron chi connectivity index (χ1n) is 8.19. The molecule has 0 amide bonds. The van der Waals surface area contributed by atoms with Crippen LogP contribution >= 0.6 is 6.49 Å². The molecule has 0 spiro atoms. The molecule has 2 fully saturated rings. The normalized spacial score (nSPS) is 32.3. The molecular weight excluding hydrogens is 345 g/mol. The predicted molar refractivity (Wildman–Crippen MR) is 96.9 cm³/mol. The maximum absolute atomic E-state index is 12.4. The summed E-state index contributed by atoms with van der Waals surface area (Å²) in [5, 5.41) is 0.873. The van der Waals surface area contributed by atoms with Crippen LogP contribution in [0, 0.1) is 5.92 Å². The topological polar surface area (TPSA) is 48.0 Å². The molecule has 7 heteroatoms. The number of hydrogen-bond acceptors (Lipinski definition) is 6. The molecule has 2 aliphatic rings. The largest absolute Gasteiger partial charge is 0.469 e. The van der Waals surface area contributed by atoms with Crippen LogP contribution in [0.3, 0.4) is 0 Å². The number of piperidine rings is 1. The number of methoxy groups -OCH3 is 1. The summed E-state index contributed by atoms with van der Waals surface area (Å²) in [5.74, 6) is -0.539. The Morgan fingerprint density at radius 3 is 2.58 bits per heavy atom. The molecule has 0 aliphatic carbocycles. The summed E-state index contributed by atoms with van der Waals surface area (Å²) in [5.41, 5.74) is 0. The lowest BCUT2D eigenvalue weighted by Gasteiger charge is -2.42. The van der Waals surface area contributed by atoms with E-state index in [1.54, 1.807) is 7.11 Å². The van der Waals surface area contributed by atoms with Crippen molar-refractivity contribution >= 4 is 29.6 Å². The SMILES string of the molecule is COC(=O)[C@H]1[C@@H](OP(=S)(OC)c2ccccc2)C[C@@H]2CC[C@H]1N2C. The molecule has 0 N–H and O–H groups in total. The zero-order chi connectivity index (χ0) is 17.3. The van der Waals surface area contributed by atoms with Crippen molar-refractivity contribution in [1.82, 2.24) is 4.90 Å². The lowest BCUT2D eigenvalue weighted by molar-refractivity contribution is -0.154. The third kappa shape index (κ3) is 3.18. The minimum Gasteiger partial charge on any atom is -0.469 e. The number of esters is 1. The number of benzene rings is 1. The second-order valence-electron chi connectivity index (χ2n) is 6.41. The first-order valence-corrected chi connectivity index (χ1v) is 10.8. The molecule has 1 aromatic carbocycles. The fourth-order valence-corrected chi connectivity index (χ4v) is 6.20. The predicted octanol–water partition coefficient (Wildman–Crippen LogP) is 2.31. The van der Waals surface area contributed by atoms with E-state index in [4.69, 9.17) is 25.6 Å². The highest BCUT2D eigenvalue weighted by atomic mass is 32.5. The van der Waals surface area contributed by atoms with Crippen LogP contribution in [0.2, 0.25) is 0 Å². The van der Waals surface area contributed by atoms with Crippen molar-refractivity contribution in [1.29, 1.82) is 0 Å². The smallest absolute Gasteiger partial charge is 0.312 e. The Hall–Kier alpha value is -0.780. The van der Waals surface area contributed by atoms with Crippen LogP contribution in [-0.2, 0) is 30.4 Å². The molecule has 5 atom stereocenters. The minimum atomic E-state index is -2.65. The fourth-order valence-electron chi connectivity index (χ4n) is 3.97. The maximum atomic E-state index is 12.4. The lowest BCUT2D eigenvalue weighted by atomic mass is 9.88. The van der Waals surface area contributed by atoms with Crippen molar-refractivity contribution in [2.75, 3.05) is 21.3 Å². The van der Waals surface area contributed by atoms with Crippen LogP contribution in [0.5, 0.6) is 0 Å². The Morgan fingerprint density at radius 2 is 1.96 bits per heavy atom. The van der Waals surface area contributed by atoms with E-state index in [1.807, 2.05) is 30.3 Å². The number of hydrogen-bond donors (Lipinski definition) is 0. The monoisotopic (exact) mass is 369 g/mol. The van der Waals surface area contributed by atoms with Crippen LogP contribution in [0.1, 0.15) is 19.3 Å². The van der Waals surface area contributed by atoms with E-state index in [0.717, 1.165) is 24.6 Å². The second-order valence-corrected chi connectivity index (χ2v) is 9.94. The van der Waals surface area contributed by atoms with E-state index >= 15 is 0 Å². The van der Waals surface area contributed by atoms with E-state index in [0.29, 0.717) is 6.04 Å². The summed E-state index contributed by atoms with van der Waals surface area (Å²) in [7, 11) is 5.10. The average molecular weight is 369 g/mol. The zero-order valence-electron chi connectivity index (χ0n) is 14.3. The van der Waals surface area contributed by atoms with E-state index in [2.05, 4.69) is 11.9 Å². The summed E-state index contributed by atoms with van der Waals surface area (Å²) >= 11 is 5.75. The van der Waals surface area contributed by atoms with Crippen molar-refractivity contribution in [3.8, 4) is 0 Å². The zero-order valence-corrected chi connectivity index (χ0v) is 16.0. The quantitative estimate of drug-likeness (QED) is 0.586. The molecule has 2 saturated heterocycles. The van der Waals surface area contributed by atoms with Gasteiger partial charge in [0.25, 0.3) is 0 Å². The van der Waals surface area contributed by atoms with Crippen molar-refractivity contribution in [2.45, 2.75) is 37.5 Å². The van der Waals surface area contributed by atoms with Gasteiger partial charge >= 0.3 is 5.97 Å². The third-order valence-corrected chi connectivity index (χ3v) is 8.57. The number of rotatable bonds is 5. The maximum Gasteiger partial charge on any atom is 0.312 e. The Balaban J connectivity index is 1.89. The van der Waals surface area contributed by atoms with Crippen molar-refractivity contribution in [2.24, 2.45) is 5.92 Å². The van der Waals surface area contributed by atoms with Gasteiger partial charge < -0.3 is 13.8 Å². The molecule has 0 radical (unpaired) electrons. The summed E-state index contributed by atoms with van der Waals surface area (Å²) < 4.78 is 17.1. The molecule has 5 nitrogen and oxygen atoms in total. The van der Waals surface area contributed by atoms with Gasteiger partial charge in [-0.05, 0) is 50.2 Å². The van der Waals surface area contributed by atoms with Crippen LogP contribution in [0.15, 0.2) is 30.3 Å². The van der Waals surface area contributed by atoms with Crippen molar-refractivity contribution < 1.29 is 18.6 Å². The average Bonchev–Trinajstić information content (AvgIpc) is 2.85. The molecule has 2 aliphatic heterocycles. The molecule has 24 heavy (non-hydrogen) atoms. The number of carbonyl (C=O) groups excluding carboxylic acids is 1. The van der Waals surface area contributed by atoms with E-state index < -0.39 is 6.49 Å². The van der Waals surface area contributed by atoms with Gasteiger partial charge in [0, 0.05) is 24.5 Å². The first kappa shape index (κ1) is 18.0. The molecule has 2 heterocycles. The Kier molecular flexibility index (Phi) is 5.42. The second kappa shape index (κ2) is 7.22. The summed E-state index contributed by atoms with van der Waals surface area (Å²) in [4.78, 5) is 14.7. The molecule has 2 bridgehead atoms. The van der Waals surface area contributed by atoms with E-state index in [1.165, 1.54) is 7.11 Å². The van der Waals surface area contributed by atoms with Gasteiger partial charge in [-0.3, -0.25) is 9.69 Å². The summed E-state index contributed by atoms with van der Waals surface area (Å²) in [6, 6.07) is 10.2. The number of ether oxygens (including phenoxy) is 1. The Morgan fingerprint density at radius 1 is 1.25 bits per heavy atom. The summed E-state index contributed by atoms with van der Waals surface area (Å²) in [6.45, 7) is -2.65. The first-order chi connectivity index (χ1) is 11.5. The number of nitrogens with zero attached hydrogens (tertiary/aromatic N) is 1. The van der Waals surface area contributed by atoms with Gasteiger partial charge in [-0.2, -0.15) is 0 Å². The van der Waals surface area contributed by atoms with Crippen LogP contribution < -0.4 is 5.30 Å². The summed E-state index contributed by atoms with van der Waals surface area (Å²) in [6.07, 6.45) is 2.58. The van der Waals surface area contributed by atoms with Gasteiger partial charge in [0.05, 0.1) is 19.1 Å². The van der Waals surface area contributed by atoms with Gasteiger partial charge in [-0.25, -0.2) is 0 Å². The number of carbonyl (C=O) groups is 1. The van der Waals surface area contributed by atoms with Gasteiger partial charge in [-0.15, -0.1) is 0 Å². The van der Waals surface area contributed by atoms with Crippen LogP contribution in [0.25, 0.3) is 0 Å². The minimum absolute atomic E-state index is 0.150. The fraction of sp³-hybridized carbons (Fsp3) is 0.588. The highest BCUT2D eigenvalue weighted by Crippen LogP contribution is 2.52. The molecule has 0 aromatic heterocycles. The lowest BCUT2D eigenvalue weighted by Crippen LogP contribution is -2.53. The van der Waals surface area contributed by atoms with Crippen molar-refractivity contribution in [3.05, 3.63) is 30.3 Å². The highest BCUT2D eigenvalue weighted by Gasteiger charge is 2.51. The van der Waals surface area contributed by atoms with Gasteiger partial charge in [-0.1, -0.05) is 18.2 Å². The van der Waals surface area contributed by atoms with Crippen molar-refractivity contribution in [3.63, 3.8) is 0 Å². The molecule has 132 valence electrons. The standard InChI is InChI=1S/C17H24NO4PS/c1-18-12-9-10-14(18)16(17(19)20-2)15(11-12)22-23(24,21-3)13-7-5-4-6-8-13/h4-8,12,14-16H,9-11H2,1-3H3/t12-,14+,15-,16+,23?/m0/s1. The molecule has 1 aromatic rings. The molecular formula is C17H24NO4PS. The third-order valence-electron chi connectivity index (χ3n) is 5.27. The number of fused-ring (bicyclic) bond motifs is 2. The van der Waals surface area contributed by atoms with Gasteiger partial charge in [0.2, 0.25) is 6.49 Å². The van der Waals surface area contributed by atoms with E-state index in [-0.39, 0.29) is 24.0 Å². The molecule has 0 saturated carbocycles. The molecule has 3 rings (SSSR count). The Labute approximate surface area is 148 Å².